The van der Waals surface area contributed by atoms with Crippen molar-refractivity contribution in [1.82, 2.24) is 5.32 Å². The number of carbonyl (C=O) groups is 1. The molecule has 0 aliphatic carbocycles. The Kier molecular flexibility index (Phi) is 4.75. The van der Waals surface area contributed by atoms with Crippen molar-refractivity contribution < 1.29 is 18.7 Å². The van der Waals surface area contributed by atoms with Crippen LogP contribution < -0.4 is 5.32 Å². The molecule has 0 aliphatic heterocycles. The van der Waals surface area contributed by atoms with Crippen molar-refractivity contribution in [3.05, 3.63) is 59.3 Å². The van der Waals surface area contributed by atoms with E-state index in [0.717, 1.165) is 12.0 Å². The Balaban J connectivity index is 1.93. The fourth-order valence-electron chi connectivity index (χ4n) is 2.24. The summed E-state index contributed by atoms with van der Waals surface area (Å²) in [5, 5.41) is 12.2. The molecule has 0 amide bonds. The lowest BCUT2D eigenvalue weighted by Crippen LogP contribution is -2.30. The Hall–Kier alpha value is -2.14. The van der Waals surface area contributed by atoms with E-state index in [1.807, 2.05) is 13.8 Å². The second-order valence-electron chi connectivity index (χ2n) is 5.13. The maximum atomic E-state index is 12.8. The SMILES string of the molecule is CC(Cc1ccc(F)cc1)NC(C)c1ccc(C(=O)O)o1. The standard InChI is InChI=1S/C16H18FNO3/c1-10(9-12-3-5-13(17)6-4-12)18-11(2)14-7-8-15(21-14)16(19)20/h3-8,10-11,18H,9H2,1-2H3,(H,19,20). The summed E-state index contributed by atoms with van der Waals surface area (Å²) >= 11 is 0. The molecule has 2 N–H and O–H groups in total. The fraction of sp³-hybridized carbons (Fsp3) is 0.312. The first-order valence-electron chi connectivity index (χ1n) is 6.79. The number of halogens is 1. The van der Waals surface area contributed by atoms with Gasteiger partial charge in [0.25, 0.3) is 0 Å². The molecule has 2 rings (SSSR count). The second-order valence-corrected chi connectivity index (χ2v) is 5.13. The van der Waals surface area contributed by atoms with Crippen LogP contribution in [-0.2, 0) is 6.42 Å². The molecule has 2 unspecified atom stereocenters. The van der Waals surface area contributed by atoms with Crippen LogP contribution in [0.2, 0.25) is 0 Å². The summed E-state index contributed by atoms with van der Waals surface area (Å²) in [5.41, 5.74) is 1.04. The van der Waals surface area contributed by atoms with Gasteiger partial charge in [-0.1, -0.05) is 12.1 Å². The molecule has 4 nitrogen and oxygen atoms in total. The molecule has 0 spiro atoms. The van der Waals surface area contributed by atoms with Gasteiger partial charge >= 0.3 is 5.97 Å². The van der Waals surface area contributed by atoms with E-state index in [1.165, 1.54) is 18.2 Å². The Labute approximate surface area is 122 Å². The first-order chi connectivity index (χ1) is 9.95. The topological polar surface area (TPSA) is 62.5 Å². The zero-order valence-corrected chi connectivity index (χ0v) is 12.0. The van der Waals surface area contributed by atoms with Gasteiger partial charge in [0.2, 0.25) is 5.76 Å². The summed E-state index contributed by atoms with van der Waals surface area (Å²) in [6.45, 7) is 3.92. The molecule has 1 aromatic carbocycles. The molecular weight excluding hydrogens is 273 g/mol. The highest BCUT2D eigenvalue weighted by Gasteiger charge is 2.16. The van der Waals surface area contributed by atoms with E-state index in [-0.39, 0.29) is 23.7 Å². The minimum atomic E-state index is -1.08. The van der Waals surface area contributed by atoms with Crippen LogP contribution in [0.4, 0.5) is 4.39 Å². The Morgan fingerprint density at radius 2 is 1.90 bits per heavy atom. The number of nitrogens with one attached hydrogen (secondary N) is 1. The molecule has 0 saturated heterocycles. The fourth-order valence-corrected chi connectivity index (χ4v) is 2.24. The number of aromatic carboxylic acids is 1. The van der Waals surface area contributed by atoms with Crippen LogP contribution in [0, 0.1) is 5.82 Å². The van der Waals surface area contributed by atoms with Gasteiger partial charge in [-0.3, -0.25) is 0 Å². The third-order valence-electron chi connectivity index (χ3n) is 3.25. The van der Waals surface area contributed by atoms with E-state index < -0.39 is 5.97 Å². The van der Waals surface area contributed by atoms with Gasteiger partial charge in [-0.25, -0.2) is 9.18 Å². The summed E-state index contributed by atoms with van der Waals surface area (Å²) < 4.78 is 18.1. The maximum absolute atomic E-state index is 12.8. The summed E-state index contributed by atoms with van der Waals surface area (Å²) in [7, 11) is 0. The molecule has 1 heterocycles. The number of carboxylic acid groups (broad SMARTS) is 1. The second kappa shape index (κ2) is 6.54. The molecule has 0 fully saturated rings. The molecule has 1 aromatic heterocycles. The zero-order valence-electron chi connectivity index (χ0n) is 12.0. The van der Waals surface area contributed by atoms with Crippen LogP contribution in [0.3, 0.4) is 0 Å². The highest BCUT2D eigenvalue weighted by molar-refractivity contribution is 5.84. The number of furan rings is 1. The highest BCUT2D eigenvalue weighted by Crippen LogP contribution is 2.17. The van der Waals surface area contributed by atoms with Gasteiger partial charge in [0.1, 0.15) is 11.6 Å². The van der Waals surface area contributed by atoms with Gasteiger partial charge < -0.3 is 14.8 Å². The van der Waals surface area contributed by atoms with Crippen molar-refractivity contribution in [2.45, 2.75) is 32.4 Å². The summed E-state index contributed by atoms with van der Waals surface area (Å²) in [6.07, 6.45) is 0.747. The zero-order chi connectivity index (χ0) is 15.4. The lowest BCUT2D eigenvalue weighted by atomic mass is 10.1. The lowest BCUT2D eigenvalue weighted by Gasteiger charge is -2.18. The predicted molar refractivity (Wildman–Crippen MR) is 76.8 cm³/mol. The third-order valence-corrected chi connectivity index (χ3v) is 3.25. The minimum absolute atomic E-state index is 0.0650. The monoisotopic (exact) mass is 291 g/mol. The number of rotatable bonds is 6. The van der Waals surface area contributed by atoms with Crippen LogP contribution in [0.1, 0.15) is 41.8 Å². The average molecular weight is 291 g/mol. The molecule has 0 aliphatic rings. The molecule has 5 heteroatoms. The quantitative estimate of drug-likeness (QED) is 0.856. The van der Waals surface area contributed by atoms with Crippen LogP contribution in [0.15, 0.2) is 40.8 Å². The molecule has 0 saturated carbocycles. The van der Waals surface area contributed by atoms with Crippen LogP contribution in [0.5, 0.6) is 0 Å². The van der Waals surface area contributed by atoms with E-state index in [2.05, 4.69) is 5.32 Å². The van der Waals surface area contributed by atoms with Crippen molar-refractivity contribution in [2.24, 2.45) is 0 Å². The van der Waals surface area contributed by atoms with Crippen molar-refractivity contribution in [3.63, 3.8) is 0 Å². The maximum Gasteiger partial charge on any atom is 0.371 e. The molecule has 0 radical (unpaired) electrons. The molecule has 2 aromatic rings. The highest BCUT2D eigenvalue weighted by atomic mass is 19.1. The van der Waals surface area contributed by atoms with Gasteiger partial charge in [-0.15, -0.1) is 0 Å². The summed E-state index contributed by atoms with van der Waals surface area (Å²) in [4.78, 5) is 10.8. The first-order valence-corrected chi connectivity index (χ1v) is 6.79. The average Bonchev–Trinajstić information content (AvgIpc) is 2.91. The van der Waals surface area contributed by atoms with E-state index in [1.54, 1.807) is 18.2 Å². The summed E-state index contributed by atoms with van der Waals surface area (Å²) in [5.74, 6) is -0.805. The molecule has 112 valence electrons. The van der Waals surface area contributed by atoms with Gasteiger partial charge in [0.15, 0.2) is 0 Å². The van der Waals surface area contributed by atoms with E-state index in [0.29, 0.717) is 5.76 Å². The lowest BCUT2D eigenvalue weighted by molar-refractivity contribution is 0.0659. The number of benzene rings is 1. The minimum Gasteiger partial charge on any atom is -0.475 e. The molecule has 0 bridgehead atoms. The smallest absolute Gasteiger partial charge is 0.371 e. The first kappa shape index (κ1) is 15.3. The Bertz CT molecular complexity index is 606. The number of carboxylic acids is 1. The van der Waals surface area contributed by atoms with Crippen molar-refractivity contribution in [2.75, 3.05) is 0 Å². The van der Waals surface area contributed by atoms with E-state index >= 15 is 0 Å². The van der Waals surface area contributed by atoms with E-state index in [9.17, 15) is 9.18 Å². The summed E-state index contributed by atoms with van der Waals surface area (Å²) in [6, 6.07) is 9.54. The normalized spacial score (nSPS) is 13.9. The molecule has 2 atom stereocenters. The number of hydrogen-bond donors (Lipinski definition) is 2. The van der Waals surface area contributed by atoms with Crippen molar-refractivity contribution in [1.29, 1.82) is 0 Å². The van der Waals surface area contributed by atoms with Gasteiger partial charge in [0.05, 0.1) is 6.04 Å². The third kappa shape index (κ3) is 4.16. The largest absolute Gasteiger partial charge is 0.475 e. The molecular formula is C16H18FNO3. The van der Waals surface area contributed by atoms with Crippen molar-refractivity contribution >= 4 is 5.97 Å². The Morgan fingerprint density at radius 3 is 2.48 bits per heavy atom. The van der Waals surface area contributed by atoms with E-state index in [4.69, 9.17) is 9.52 Å². The van der Waals surface area contributed by atoms with Gasteiger partial charge in [0, 0.05) is 6.04 Å². The van der Waals surface area contributed by atoms with Crippen LogP contribution >= 0.6 is 0 Å². The molecule has 21 heavy (non-hydrogen) atoms. The van der Waals surface area contributed by atoms with Crippen LogP contribution in [-0.4, -0.2) is 17.1 Å². The van der Waals surface area contributed by atoms with Crippen LogP contribution in [0.25, 0.3) is 0 Å². The van der Waals surface area contributed by atoms with Crippen molar-refractivity contribution in [3.8, 4) is 0 Å². The predicted octanol–water partition coefficient (Wildman–Crippen LogP) is 3.40. The Morgan fingerprint density at radius 1 is 1.24 bits per heavy atom. The number of hydrogen-bond acceptors (Lipinski definition) is 3. The van der Waals surface area contributed by atoms with Gasteiger partial charge in [-0.2, -0.15) is 0 Å². The van der Waals surface area contributed by atoms with Gasteiger partial charge in [-0.05, 0) is 50.1 Å².